The fourth-order valence-corrected chi connectivity index (χ4v) is 2.21. The van der Waals surface area contributed by atoms with Crippen LogP contribution in [0.4, 0.5) is 0 Å². The summed E-state index contributed by atoms with van der Waals surface area (Å²) in [5, 5.41) is 0. The summed E-state index contributed by atoms with van der Waals surface area (Å²) < 4.78 is 24.8. The van der Waals surface area contributed by atoms with Gasteiger partial charge in [-0.2, -0.15) is 0 Å². The van der Waals surface area contributed by atoms with Crippen LogP contribution in [0.5, 0.6) is 0 Å². The van der Waals surface area contributed by atoms with Gasteiger partial charge >= 0.3 is 0 Å². The van der Waals surface area contributed by atoms with E-state index in [0.717, 1.165) is 17.4 Å². The van der Waals surface area contributed by atoms with Gasteiger partial charge in [-0.1, -0.05) is 24.0 Å². The van der Waals surface area contributed by atoms with Crippen molar-refractivity contribution < 1.29 is 8.42 Å². The van der Waals surface area contributed by atoms with E-state index in [2.05, 4.69) is 16.6 Å². The van der Waals surface area contributed by atoms with Crippen LogP contribution < -0.4 is 10.5 Å². The highest BCUT2D eigenvalue weighted by Gasteiger charge is 2.10. The first-order valence-electron chi connectivity index (χ1n) is 5.18. The molecule has 17 heavy (non-hydrogen) atoms. The fourth-order valence-electron chi connectivity index (χ4n) is 1.43. The third-order valence-corrected chi connectivity index (χ3v) is 2.89. The predicted octanol–water partition coefficient (Wildman–Crippen LogP) is 0.607. The monoisotopic (exact) mass is 252 g/mol. The zero-order valence-corrected chi connectivity index (χ0v) is 10.7. The second kappa shape index (κ2) is 5.82. The first-order chi connectivity index (χ1) is 7.92. The summed E-state index contributed by atoms with van der Waals surface area (Å²) in [6.07, 6.45) is 1.14. The minimum absolute atomic E-state index is 0.273. The number of nitrogens with one attached hydrogen (secondary N) is 1. The van der Waals surface area contributed by atoms with Crippen LogP contribution in [0.3, 0.4) is 0 Å². The summed E-state index contributed by atoms with van der Waals surface area (Å²) in [4.78, 5) is 0. The lowest BCUT2D eigenvalue weighted by Crippen LogP contribution is -2.25. The lowest BCUT2D eigenvalue weighted by molar-refractivity contribution is 0.573. The van der Waals surface area contributed by atoms with Gasteiger partial charge in [-0.05, 0) is 24.6 Å². The number of sulfonamides is 1. The Hall–Kier alpha value is -1.35. The Morgan fingerprint density at radius 3 is 2.76 bits per heavy atom. The van der Waals surface area contributed by atoms with Crippen LogP contribution >= 0.6 is 0 Å². The second-order valence-electron chi connectivity index (χ2n) is 3.74. The highest BCUT2D eigenvalue weighted by Crippen LogP contribution is 2.14. The van der Waals surface area contributed by atoms with Crippen LogP contribution in [0.15, 0.2) is 24.3 Å². The molecule has 1 unspecified atom stereocenters. The molecule has 5 heteroatoms. The van der Waals surface area contributed by atoms with Crippen molar-refractivity contribution in [1.82, 2.24) is 4.72 Å². The van der Waals surface area contributed by atoms with Gasteiger partial charge in [-0.15, -0.1) is 0 Å². The molecule has 1 rings (SSSR count). The second-order valence-corrected chi connectivity index (χ2v) is 5.52. The van der Waals surface area contributed by atoms with Crippen molar-refractivity contribution in [2.24, 2.45) is 5.73 Å². The van der Waals surface area contributed by atoms with Crippen molar-refractivity contribution >= 4 is 10.0 Å². The number of nitrogens with two attached hydrogens (primary N) is 1. The molecule has 0 radical (unpaired) electrons. The lowest BCUT2D eigenvalue weighted by atomic mass is 10.1. The largest absolute Gasteiger partial charge is 0.320 e. The summed E-state index contributed by atoms with van der Waals surface area (Å²) in [5.74, 6) is 5.67. The maximum absolute atomic E-state index is 11.1. The molecule has 0 aliphatic rings. The van der Waals surface area contributed by atoms with Crippen molar-refractivity contribution in [3.63, 3.8) is 0 Å². The molecule has 92 valence electrons. The van der Waals surface area contributed by atoms with Gasteiger partial charge in [-0.25, -0.2) is 13.1 Å². The number of hydrogen-bond acceptors (Lipinski definition) is 3. The van der Waals surface area contributed by atoms with E-state index in [-0.39, 0.29) is 6.04 Å². The van der Waals surface area contributed by atoms with Crippen molar-refractivity contribution in [1.29, 1.82) is 0 Å². The van der Waals surface area contributed by atoms with Crippen LogP contribution in [-0.2, 0) is 10.0 Å². The quantitative estimate of drug-likeness (QED) is 0.774. The summed E-state index contributed by atoms with van der Waals surface area (Å²) in [6, 6.07) is 7.14. The summed E-state index contributed by atoms with van der Waals surface area (Å²) in [7, 11) is -3.21. The Balaban J connectivity index is 2.91. The van der Waals surface area contributed by atoms with E-state index >= 15 is 0 Å². The smallest absolute Gasteiger partial charge is 0.209 e. The molecule has 1 aromatic rings. The Labute approximate surface area is 102 Å². The highest BCUT2D eigenvalue weighted by atomic mass is 32.2. The van der Waals surface area contributed by atoms with E-state index in [4.69, 9.17) is 5.73 Å². The SMILES string of the molecule is CC(NS(C)(=O)=O)c1cccc(C#CCN)c1. The topological polar surface area (TPSA) is 72.2 Å². The minimum Gasteiger partial charge on any atom is -0.320 e. The molecular formula is C12H16N2O2S. The Morgan fingerprint density at radius 1 is 1.47 bits per heavy atom. The zero-order chi connectivity index (χ0) is 12.9. The molecule has 4 nitrogen and oxygen atoms in total. The fraction of sp³-hybridized carbons (Fsp3) is 0.333. The molecule has 3 N–H and O–H groups in total. The molecule has 0 aliphatic carbocycles. The van der Waals surface area contributed by atoms with E-state index in [1.54, 1.807) is 6.92 Å². The van der Waals surface area contributed by atoms with Gasteiger partial charge in [0.15, 0.2) is 0 Å². The minimum atomic E-state index is -3.21. The van der Waals surface area contributed by atoms with Gasteiger partial charge in [0.1, 0.15) is 0 Å². The summed E-state index contributed by atoms with van der Waals surface area (Å²) in [5.41, 5.74) is 7.00. The van der Waals surface area contributed by atoms with E-state index in [0.29, 0.717) is 6.54 Å². The maximum atomic E-state index is 11.1. The lowest BCUT2D eigenvalue weighted by Gasteiger charge is -2.12. The standard InChI is InChI=1S/C12H16N2O2S/c1-10(14-17(2,15)16)12-7-3-5-11(9-12)6-4-8-13/h3,5,7,9-10,14H,8,13H2,1-2H3. The highest BCUT2D eigenvalue weighted by molar-refractivity contribution is 7.88. The molecular weight excluding hydrogens is 236 g/mol. The molecule has 0 amide bonds. The first-order valence-corrected chi connectivity index (χ1v) is 7.07. The van der Waals surface area contributed by atoms with Gasteiger partial charge in [0, 0.05) is 11.6 Å². The van der Waals surface area contributed by atoms with Crippen LogP contribution in [0.2, 0.25) is 0 Å². The maximum Gasteiger partial charge on any atom is 0.209 e. The molecule has 1 atom stereocenters. The molecule has 0 saturated heterocycles. The number of rotatable bonds is 3. The molecule has 0 heterocycles. The van der Waals surface area contributed by atoms with E-state index in [1.165, 1.54) is 0 Å². The third-order valence-electron chi connectivity index (χ3n) is 2.11. The van der Waals surface area contributed by atoms with Crippen LogP contribution in [0.25, 0.3) is 0 Å². The third kappa shape index (κ3) is 5.00. The van der Waals surface area contributed by atoms with Crippen molar-refractivity contribution in [2.75, 3.05) is 12.8 Å². The average molecular weight is 252 g/mol. The van der Waals surface area contributed by atoms with Crippen molar-refractivity contribution in [2.45, 2.75) is 13.0 Å². The normalized spacial score (nSPS) is 12.6. The molecule has 0 spiro atoms. The molecule has 0 aromatic heterocycles. The van der Waals surface area contributed by atoms with E-state index in [9.17, 15) is 8.42 Å². The Kier molecular flexibility index (Phi) is 4.70. The van der Waals surface area contributed by atoms with Crippen LogP contribution in [0, 0.1) is 11.8 Å². The van der Waals surface area contributed by atoms with Gasteiger partial charge < -0.3 is 5.73 Å². The molecule has 1 aromatic carbocycles. The molecule has 0 bridgehead atoms. The summed E-state index contributed by atoms with van der Waals surface area (Å²) >= 11 is 0. The number of benzene rings is 1. The van der Waals surface area contributed by atoms with Gasteiger partial charge in [0.2, 0.25) is 10.0 Å². The van der Waals surface area contributed by atoms with Crippen LogP contribution in [0.1, 0.15) is 24.1 Å². The van der Waals surface area contributed by atoms with Gasteiger partial charge in [0.25, 0.3) is 0 Å². The molecule has 0 saturated carbocycles. The predicted molar refractivity (Wildman–Crippen MR) is 68.8 cm³/mol. The van der Waals surface area contributed by atoms with Gasteiger partial charge in [-0.3, -0.25) is 0 Å². The molecule has 0 fully saturated rings. The van der Waals surface area contributed by atoms with Crippen molar-refractivity contribution in [3.8, 4) is 11.8 Å². The molecule has 0 aliphatic heterocycles. The van der Waals surface area contributed by atoms with Crippen molar-refractivity contribution in [3.05, 3.63) is 35.4 Å². The van der Waals surface area contributed by atoms with E-state index < -0.39 is 10.0 Å². The zero-order valence-electron chi connectivity index (χ0n) is 9.90. The van der Waals surface area contributed by atoms with Gasteiger partial charge in [0.05, 0.1) is 12.8 Å². The van der Waals surface area contributed by atoms with Crippen LogP contribution in [-0.4, -0.2) is 21.2 Å². The Bertz CT molecular complexity index is 541. The number of hydrogen-bond donors (Lipinski definition) is 2. The average Bonchev–Trinajstić information content (AvgIpc) is 2.24. The van der Waals surface area contributed by atoms with E-state index in [1.807, 2.05) is 24.3 Å². The first kappa shape index (κ1) is 13.7. The Morgan fingerprint density at radius 2 is 2.18 bits per heavy atom. The summed E-state index contributed by atoms with van der Waals surface area (Å²) in [6.45, 7) is 2.10.